The van der Waals surface area contributed by atoms with Crippen LogP contribution in [0.1, 0.15) is 46.0 Å². The van der Waals surface area contributed by atoms with E-state index in [2.05, 4.69) is 53.8 Å². The summed E-state index contributed by atoms with van der Waals surface area (Å²) < 4.78 is 0. The third-order valence-corrected chi connectivity index (χ3v) is 8.21. The van der Waals surface area contributed by atoms with E-state index in [0.717, 1.165) is 41.5 Å². The number of carbonyl (C=O) groups is 2. The minimum absolute atomic E-state index is 0. The second-order valence-electron chi connectivity index (χ2n) is 10.1. The summed E-state index contributed by atoms with van der Waals surface area (Å²) in [5, 5.41) is 12.4. The van der Waals surface area contributed by atoms with E-state index in [-0.39, 0.29) is 26.2 Å². The molecule has 1 amide bonds. The molecule has 0 spiro atoms. The third-order valence-electron chi connectivity index (χ3n) is 7.57. The summed E-state index contributed by atoms with van der Waals surface area (Å²) in [6.07, 6.45) is 5.02. The van der Waals surface area contributed by atoms with Gasteiger partial charge in [0.1, 0.15) is 6.04 Å². The van der Waals surface area contributed by atoms with Crippen LogP contribution < -0.4 is 24.2 Å². The molecule has 1 atom stereocenters. The standard InChI is InChI=1S/C34H33NO3S.Li.H/c1-22-8-3-5-12-27(22)30-20-23(15-17-29(30)33(36)35-31(34(37)38)18-19-39-2)14-16-24-10-7-11-26-21-25-9-4-6-13-28(25)32(24)26;;/h3-13,15,17,20,31H,14,16,18-19,21H2,1-2H3,(H,35,36)(H,37,38);;/q;+1;-1. The summed E-state index contributed by atoms with van der Waals surface area (Å²) in [6, 6.07) is 28.3. The largest absolute Gasteiger partial charge is 1.00 e. The van der Waals surface area contributed by atoms with E-state index in [1.54, 1.807) is 11.8 Å². The maximum atomic E-state index is 13.4. The molecule has 0 bridgehead atoms. The molecule has 0 fully saturated rings. The number of benzene rings is 4. The smallest absolute Gasteiger partial charge is 1.00 e. The molecule has 2 N–H and O–H groups in total. The van der Waals surface area contributed by atoms with E-state index < -0.39 is 12.0 Å². The molecule has 6 heteroatoms. The zero-order valence-corrected chi connectivity index (χ0v) is 24.2. The first-order chi connectivity index (χ1) is 19.0. The van der Waals surface area contributed by atoms with Crippen LogP contribution in [0.3, 0.4) is 0 Å². The van der Waals surface area contributed by atoms with Crippen LogP contribution in [0.25, 0.3) is 22.3 Å². The van der Waals surface area contributed by atoms with Crippen LogP contribution in [0, 0.1) is 6.92 Å². The van der Waals surface area contributed by atoms with E-state index in [0.29, 0.717) is 17.7 Å². The van der Waals surface area contributed by atoms with Gasteiger partial charge in [-0.1, -0.05) is 78.9 Å². The number of thioether (sulfide) groups is 1. The van der Waals surface area contributed by atoms with Gasteiger partial charge in [0.05, 0.1) is 0 Å². The molecular weight excluding hydrogens is 509 g/mol. The van der Waals surface area contributed by atoms with Gasteiger partial charge >= 0.3 is 24.8 Å². The molecule has 4 aromatic carbocycles. The number of fused-ring (bicyclic) bond motifs is 3. The second-order valence-corrected chi connectivity index (χ2v) is 11.1. The summed E-state index contributed by atoms with van der Waals surface area (Å²) >= 11 is 1.57. The van der Waals surface area contributed by atoms with Crippen molar-refractivity contribution in [2.75, 3.05) is 12.0 Å². The Morgan fingerprint density at radius 1 is 0.900 bits per heavy atom. The molecule has 1 aliphatic rings. The van der Waals surface area contributed by atoms with Gasteiger partial charge in [0, 0.05) is 5.56 Å². The van der Waals surface area contributed by atoms with Gasteiger partial charge in [0.15, 0.2) is 0 Å². The van der Waals surface area contributed by atoms with Gasteiger partial charge in [-0.3, -0.25) is 4.79 Å². The molecule has 40 heavy (non-hydrogen) atoms. The van der Waals surface area contributed by atoms with Crippen molar-refractivity contribution >= 4 is 23.6 Å². The monoisotopic (exact) mass is 543 g/mol. The van der Waals surface area contributed by atoms with Crippen LogP contribution in [-0.4, -0.2) is 35.0 Å². The zero-order chi connectivity index (χ0) is 27.4. The molecule has 0 heterocycles. The number of nitrogens with one attached hydrogen (secondary N) is 1. The predicted octanol–water partition coefficient (Wildman–Crippen LogP) is 4.07. The van der Waals surface area contributed by atoms with Crippen molar-refractivity contribution in [2.24, 2.45) is 0 Å². The average Bonchev–Trinajstić information content (AvgIpc) is 3.33. The van der Waals surface area contributed by atoms with Crippen LogP contribution in [0.4, 0.5) is 0 Å². The topological polar surface area (TPSA) is 66.4 Å². The summed E-state index contributed by atoms with van der Waals surface area (Å²) in [5.74, 6) is -0.705. The Hall–Kier alpha value is -3.23. The number of hydrogen-bond acceptors (Lipinski definition) is 3. The van der Waals surface area contributed by atoms with Crippen LogP contribution in [0.15, 0.2) is 84.9 Å². The number of hydrogen-bond donors (Lipinski definition) is 2. The molecule has 1 aliphatic carbocycles. The van der Waals surface area contributed by atoms with Gasteiger partial charge in [-0.15, -0.1) is 0 Å². The summed E-state index contributed by atoms with van der Waals surface area (Å²) in [7, 11) is 0. The molecule has 0 aromatic heterocycles. The van der Waals surface area contributed by atoms with Crippen LogP contribution in [0.2, 0.25) is 0 Å². The fourth-order valence-electron chi connectivity index (χ4n) is 5.53. The Bertz CT molecular complexity index is 1540. The number of carboxylic acid groups (broad SMARTS) is 1. The molecule has 4 aromatic rings. The van der Waals surface area contributed by atoms with Crippen molar-refractivity contribution in [1.82, 2.24) is 5.32 Å². The summed E-state index contributed by atoms with van der Waals surface area (Å²) in [4.78, 5) is 25.2. The fraction of sp³-hybridized carbons (Fsp3) is 0.235. The van der Waals surface area contributed by atoms with Crippen LogP contribution in [0.5, 0.6) is 0 Å². The van der Waals surface area contributed by atoms with E-state index >= 15 is 0 Å². The zero-order valence-electron chi connectivity index (χ0n) is 24.4. The molecule has 0 saturated heterocycles. The molecule has 0 aliphatic heterocycles. The minimum Gasteiger partial charge on any atom is -1.00 e. The molecule has 0 saturated carbocycles. The molecule has 5 rings (SSSR count). The quantitative estimate of drug-likeness (QED) is 0.261. The van der Waals surface area contributed by atoms with Crippen molar-refractivity contribution in [3.05, 3.63) is 118 Å². The van der Waals surface area contributed by atoms with Gasteiger partial charge < -0.3 is 11.8 Å². The first-order valence-electron chi connectivity index (χ1n) is 13.4. The Kier molecular flexibility index (Phi) is 9.98. The Morgan fingerprint density at radius 3 is 2.38 bits per heavy atom. The van der Waals surface area contributed by atoms with Crippen molar-refractivity contribution < 1.29 is 35.0 Å². The second kappa shape index (κ2) is 13.4. The number of rotatable bonds is 10. The number of carbonyl (C=O) groups excluding carboxylic acids is 1. The Labute approximate surface area is 254 Å². The predicted molar refractivity (Wildman–Crippen MR) is 162 cm³/mol. The molecule has 200 valence electrons. The Morgan fingerprint density at radius 2 is 1.62 bits per heavy atom. The molecular formula is C34H34LiNO3S. The first kappa shape index (κ1) is 29.7. The minimum atomic E-state index is -1.01. The average molecular weight is 544 g/mol. The van der Waals surface area contributed by atoms with Gasteiger partial charge in [0.25, 0.3) is 5.91 Å². The Balaban J connectivity index is 0.00000231. The van der Waals surface area contributed by atoms with E-state index in [4.69, 9.17) is 0 Å². The number of amides is 1. The SMILES string of the molecule is CSCCC(NC(=O)c1ccc(CCc2cccc3c2-c2ccccc2C3)cc1-c1ccccc1C)C(=O)O.[H-].[Li+]. The van der Waals surface area contributed by atoms with Gasteiger partial charge in [-0.25, -0.2) is 4.79 Å². The number of aliphatic carboxylic acids is 1. The third kappa shape index (κ3) is 6.39. The van der Waals surface area contributed by atoms with Crippen molar-refractivity contribution in [1.29, 1.82) is 0 Å². The van der Waals surface area contributed by atoms with Gasteiger partial charge in [-0.05, 0) is 101 Å². The summed E-state index contributed by atoms with van der Waals surface area (Å²) in [6.45, 7) is 2.03. The van der Waals surface area contributed by atoms with Crippen molar-refractivity contribution in [3.63, 3.8) is 0 Å². The van der Waals surface area contributed by atoms with Crippen LogP contribution in [-0.2, 0) is 24.1 Å². The number of aryl methyl sites for hydroxylation is 3. The summed E-state index contributed by atoms with van der Waals surface area (Å²) in [5.41, 5.74) is 11.3. The van der Waals surface area contributed by atoms with Crippen molar-refractivity contribution in [3.8, 4) is 22.3 Å². The van der Waals surface area contributed by atoms with E-state index in [9.17, 15) is 14.7 Å². The van der Waals surface area contributed by atoms with E-state index in [1.807, 2.05) is 49.6 Å². The van der Waals surface area contributed by atoms with Gasteiger partial charge in [0.2, 0.25) is 0 Å². The van der Waals surface area contributed by atoms with Crippen molar-refractivity contribution in [2.45, 2.75) is 38.6 Å². The number of carboxylic acids is 1. The molecule has 4 nitrogen and oxygen atoms in total. The fourth-order valence-corrected chi connectivity index (χ4v) is 6.00. The molecule has 0 radical (unpaired) electrons. The molecule has 1 unspecified atom stereocenters. The van der Waals surface area contributed by atoms with Gasteiger partial charge in [-0.2, -0.15) is 11.8 Å². The maximum Gasteiger partial charge on any atom is 1.00 e. The normalized spacial score (nSPS) is 12.2. The van der Waals surface area contributed by atoms with E-state index in [1.165, 1.54) is 27.8 Å². The van der Waals surface area contributed by atoms with Crippen LogP contribution >= 0.6 is 11.8 Å². The maximum absolute atomic E-state index is 13.4. The first-order valence-corrected chi connectivity index (χ1v) is 14.8.